The molecular weight excluding hydrogens is 308 g/mol. The predicted molar refractivity (Wildman–Crippen MR) is 102 cm³/mol. The molecule has 0 N–H and O–H groups in total. The molecule has 1 saturated heterocycles. The van der Waals surface area contributed by atoms with E-state index in [0.717, 1.165) is 47.7 Å². The fourth-order valence-electron chi connectivity index (χ4n) is 4.14. The summed E-state index contributed by atoms with van der Waals surface area (Å²) in [5.74, 6) is 2.03. The zero-order valence-corrected chi connectivity index (χ0v) is 15.2. The minimum Gasteiger partial charge on any atom is -0.357 e. The third kappa shape index (κ3) is 2.38. The monoisotopic (exact) mass is 332 g/mol. The fraction of sp³-hybridized carbons (Fsp3) is 0.429. The number of aromatic nitrogens is 2. The number of piperidine rings is 1. The van der Waals surface area contributed by atoms with Gasteiger partial charge < -0.3 is 4.90 Å². The Hall–Kier alpha value is -2.54. The standard InChI is InChI=1S/C21H24N4/c1-4-16-15(3)17(13-22)20-23-18-7-5-6-8-19(18)25(20)21(16)24-11-9-14(2)10-12-24/h5-8,14H,4,9-12H2,1-3H3. The van der Waals surface area contributed by atoms with Gasteiger partial charge in [0.05, 0.1) is 16.6 Å². The van der Waals surface area contributed by atoms with Crippen molar-refractivity contribution in [2.24, 2.45) is 5.92 Å². The average Bonchev–Trinajstić information content (AvgIpc) is 3.00. The Morgan fingerprint density at radius 3 is 2.64 bits per heavy atom. The number of hydrogen-bond acceptors (Lipinski definition) is 3. The molecule has 4 nitrogen and oxygen atoms in total. The van der Waals surface area contributed by atoms with Crippen molar-refractivity contribution in [3.63, 3.8) is 0 Å². The summed E-state index contributed by atoms with van der Waals surface area (Å²) >= 11 is 0. The number of para-hydroxylation sites is 2. The number of rotatable bonds is 2. The molecule has 3 aromatic rings. The van der Waals surface area contributed by atoms with E-state index >= 15 is 0 Å². The molecule has 0 atom stereocenters. The van der Waals surface area contributed by atoms with E-state index in [1.807, 2.05) is 12.1 Å². The molecule has 128 valence electrons. The molecular formula is C21H24N4. The van der Waals surface area contributed by atoms with Crippen LogP contribution in [0.2, 0.25) is 0 Å². The van der Waals surface area contributed by atoms with Gasteiger partial charge in [0.1, 0.15) is 11.9 Å². The topological polar surface area (TPSA) is 44.3 Å². The third-order valence-corrected chi connectivity index (χ3v) is 5.64. The van der Waals surface area contributed by atoms with Gasteiger partial charge in [-0.15, -0.1) is 0 Å². The lowest BCUT2D eigenvalue weighted by Gasteiger charge is -2.34. The number of nitriles is 1. The maximum Gasteiger partial charge on any atom is 0.157 e. The summed E-state index contributed by atoms with van der Waals surface area (Å²) in [4.78, 5) is 7.31. The lowest BCUT2D eigenvalue weighted by molar-refractivity contribution is 0.435. The first-order valence-corrected chi connectivity index (χ1v) is 9.23. The van der Waals surface area contributed by atoms with Crippen molar-refractivity contribution in [3.05, 3.63) is 41.0 Å². The minimum atomic E-state index is 0.710. The Morgan fingerprint density at radius 2 is 1.96 bits per heavy atom. The number of hydrogen-bond donors (Lipinski definition) is 0. The van der Waals surface area contributed by atoms with E-state index in [0.29, 0.717) is 5.56 Å². The molecule has 1 aromatic carbocycles. The average molecular weight is 332 g/mol. The molecule has 3 heterocycles. The Morgan fingerprint density at radius 1 is 1.24 bits per heavy atom. The maximum atomic E-state index is 9.78. The summed E-state index contributed by atoms with van der Waals surface area (Å²) in [5, 5.41) is 9.78. The highest BCUT2D eigenvalue weighted by Gasteiger charge is 2.25. The van der Waals surface area contributed by atoms with Crippen LogP contribution in [-0.4, -0.2) is 22.5 Å². The lowest BCUT2D eigenvalue weighted by Crippen LogP contribution is -2.35. The first-order valence-electron chi connectivity index (χ1n) is 9.23. The summed E-state index contributed by atoms with van der Waals surface area (Å²) < 4.78 is 2.23. The van der Waals surface area contributed by atoms with Crippen LogP contribution in [0.5, 0.6) is 0 Å². The van der Waals surface area contributed by atoms with E-state index in [2.05, 4.69) is 48.3 Å². The van der Waals surface area contributed by atoms with E-state index in [9.17, 15) is 5.26 Å². The van der Waals surface area contributed by atoms with Crippen LogP contribution in [0.3, 0.4) is 0 Å². The van der Waals surface area contributed by atoms with Crippen LogP contribution in [-0.2, 0) is 6.42 Å². The van der Waals surface area contributed by atoms with Gasteiger partial charge in [0.25, 0.3) is 0 Å². The molecule has 0 radical (unpaired) electrons. The highest BCUT2D eigenvalue weighted by Crippen LogP contribution is 2.35. The third-order valence-electron chi connectivity index (χ3n) is 5.64. The number of anilines is 1. The molecule has 25 heavy (non-hydrogen) atoms. The van der Waals surface area contributed by atoms with E-state index in [1.54, 1.807) is 0 Å². The molecule has 4 rings (SSSR count). The first kappa shape index (κ1) is 16.0. The van der Waals surface area contributed by atoms with Gasteiger partial charge in [-0.1, -0.05) is 26.0 Å². The van der Waals surface area contributed by atoms with Gasteiger partial charge in [0.15, 0.2) is 5.65 Å². The quantitative estimate of drug-likeness (QED) is 0.695. The summed E-state index contributed by atoms with van der Waals surface area (Å²) in [7, 11) is 0. The SMILES string of the molecule is CCc1c(C)c(C#N)c2nc3ccccc3n2c1N1CCC(C)CC1. The van der Waals surface area contributed by atoms with Crippen LogP contribution in [0.4, 0.5) is 5.82 Å². The van der Waals surface area contributed by atoms with Gasteiger partial charge in [0, 0.05) is 13.1 Å². The van der Waals surface area contributed by atoms with Crippen LogP contribution in [0, 0.1) is 24.2 Å². The second-order valence-electron chi connectivity index (χ2n) is 7.20. The number of fused-ring (bicyclic) bond motifs is 3. The fourth-order valence-corrected chi connectivity index (χ4v) is 4.14. The molecule has 0 spiro atoms. The van der Waals surface area contributed by atoms with Crippen LogP contribution < -0.4 is 4.90 Å². The smallest absolute Gasteiger partial charge is 0.157 e. The molecule has 0 amide bonds. The minimum absolute atomic E-state index is 0.710. The lowest BCUT2D eigenvalue weighted by atomic mass is 9.97. The van der Waals surface area contributed by atoms with Crippen molar-refractivity contribution in [1.29, 1.82) is 5.26 Å². The molecule has 1 fully saturated rings. The largest absolute Gasteiger partial charge is 0.357 e. The summed E-state index contributed by atoms with van der Waals surface area (Å²) in [6, 6.07) is 10.6. The van der Waals surface area contributed by atoms with Crippen LogP contribution in [0.15, 0.2) is 24.3 Å². The zero-order valence-electron chi connectivity index (χ0n) is 15.2. The van der Waals surface area contributed by atoms with Crippen molar-refractivity contribution < 1.29 is 0 Å². The van der Waals surface area contributed by atoms with Crippen LogP contribution in [0.25, 0.3) is 16.7 Å². The number of pyridine rings is 1. The summed E-state index contributed by atoms with van der Waals surface area (Å²) in [6.45, 7) is 8.74. The van der Waals surface area contributed by atoms with Crippen molar-refractivity contribution in [2.75, 3.05) is 18.0 Å². The van der Waals surface area contributed by atoms with E-state index in [4.69, 9.17) is 4.98 Å². The molecule has 0 unspecified atom stereocenters. The molecule has 4 heteroatoms. The van der Waals surface area contributed by atoms with E-state index in [-0.39, 0.29) is 0 Å². The van der Waals surface area contributed by atoms with Gasteiger partial charge in [0.2, 0.25) is 0 Å². The number of nitrogens with zero attached hydrogens (tertiary/aromatic N) is 4. The van der Waals surface area contributed by atoms with Gasteiger partial charge >= 0.3 is 0 Å². The summed E-state index contributed by atoms with van der Waals surface area (Å²) in [6.07, 6.45) is 3.36. The predicted octanol–water partition coefficient (Wildman–Crippen LogP) is 4.47. The Labute approximate surface area is 148 Å². The molecule has 2 aromatic heterocycles. The first-order chi connectivity index (χ1) is 12.2. The Balaban J connectivity index is 2.10. The number of imidazole rings is 1. The second-order valence-corrected chi connectivity index (χ2v) is 7.20. The number of benzene rings is 1. The van der Waals surface area contributed by atoms with Gasteiger partial charge in [-0.25, -0.2) is 4.98 Å². The molecule has 0 bridgehead atoms. The van der Waals surface area contributed by atoms with E-state index < -0.39 is 0 Å². The molecule has 1 aliphatic rings. The molecule has 1 aliphatic heterocycles. The van der Waals surface area contributed by atoms with Gasteiger partial charge in [-0.05, 0) is 55.4 Å². The van der Waals surface area contributed by atoms with Gasteiger partial charge in [-0.2, -0.15) is 5.26 Å². The van der Waals surface area contributed by atoms with Crippen molar-refractivity contribution >= 4 is 22.5 Å². The van der Waals surface area contributed by atoms with Crippen molar-refractivity contribution in [2.45, 2.75) is 40.0 Å². The Kier molecular flexibility index (Phi) is 3.88. The van der Waals surface area contributed by atoms with Gasteiger partial charge in [-0.3, -0.25) is 4.40 Å². The van der Waals surface area contributed by atoms with Crippen molar-refractivity contribution in [1.82, 2.24) is 9.38 Å². The molecule has 0 saturated carbocycles. The van der Waals surface area contributed by atoms with Crippen LogP contribution in [0.1, 0.15) is 43.4 Å². The van der Waals surface area contributed by atoms with Crippen LogP contribution >= 0.6 is 0 Å². The van der Waals surface area contributed by atoms with E-state index in [1.165, 1.54) is 24.2 Å². The normalized spacial score (nSPS) is 15.8. The maximum absolute atomic E-state index is 9.78. The highest BCUT2D eigenvalue weighted by molar-refractivity contribution is 5.86. The second kappa shape index (κ2) is 6.07. The summed E-state index contributed by atoms with van der Waals surface area (Å²) in [5.41, 5.74) is 5.92. The molecule has 0 aliphatic carbocycles. The highest BCUT2D eigenvalue weighted by atomic mass is 15.2. The van der Waals surface area contributed by atoms with Crippen molar-refractivity contribution in [3.8, 4) is 6.07 Å². The zero-order chi connectivity index (χ0) is 17.6. The Bertz CT molecular complexity index is 985.